The number of piperidine rings is 1. The van der Waals surface area contributed by atoms with Crippen molar-refractivity contribution in [2.24, 2.45) is 0 Å². The number of benzene rings is 1. The van der Waals surface area contributed by atoms with E-state index in [1.54, 1.807) is 12.1 Å². The monoisotopic (exact) mass is 236 g/mol. The predicted molar refractivity (Wildman–Crippen MR) is 68.5 cm³/mol. The fraction of sp³-hybridized carbons (Fsp3) is 0.571. The normalized spacial score (nSPS) is 18.3. The van der Waals surface area contributed by atoms with Gasteiger partial charge in [-0.1, -0.05) is 12.1 Å². The van der Waals surface area contributed by atoms with E-state index in [9.17, 15) is 4.39 Å². The topological polar surface area (TPSA) is 24.1 Å². The summed E-state index contributed by atoms with van der Waals surface area (Å²) in [6.45, 7) is 6.36. The second-order valence-corrected chi connectivity index (χ2v) is 5.30. The Kier molecular flexibility index (Phi) is 3.79. The van der Waals surface area contributed by atoms with E-state index in [0.717, 1.165) is 31.5 Å². The Morgan fingerprint density at radius 2 is 2.00 bits per heavy atom. The van der Waals surface area contributed by atoms with Crippen LogP contribution in [-0.2, 0) is 5.54 Å². The number of hydrogen-bond donors (Lipinski definition) is 2. The average molecular weight is 236 g/mol. The molecule has 1 aromatic rings. The molecule has 0 amide bonds. The van der Waals surface area contributed by atoms with E-state index in [-0.39, 0.29) is 11.4 Å². The van der Waals surface area contributed by atoms with Crippen LogP contribution in [-0.4, -0.2) is 19.1 Å². The van der Waals surface area contributed by atoms with E-state index in [2.05, 4.69) is 24.5 Å². The summed E-state index contributed by atoms with van der Waals surface area (Å²) >= 11 is 0. The Balaban J connectivity index is 2.06. The van der Waals surface area contributed by atoms with Gasteiger partial charge < -0.3 is 10.6 Å². The van der Waals surface area contributed by atoms with Crippen molar-refractivity contribution in [3.63, 3.8) is 0 Å². The zero-order chi connectivity index (χ0) is 12.3. The SMILES string of the molecule is CC(C)(NC1CCNCC1)c1cccc(F)c1. The van der Waals surface area contributed by atoms with Crippen LogP contribution in [0, 0.1) is 5.82 Å². The average Bonchev–Trinajstić information content (AvgIpc) is 2.30. The highest BCUT2D eigenvalue weighted by molar-refractivity contribution is 5.23. The van der Waals surface area contributed by atoms with Crippen LogP contribution in [0.3, 0.4) is 0 Å². The predicted octanol–water partition coefficient (Wildman–Crippen LogP) is 2.40. The zero-order valence-electron chi connectivity index (χ0n) is 10.6. The van der Waals surface area contributed by atoms with Crippen molar-refractivity contribution in [3.8, 4) is 0 Å². The molecule has 1 fully saturated rings. The fourth-order valence-corrected chi connectivity index (χ4v) is 2.44. The molecule has 1 aliphatic rings. The maximum Gasteiger partial charge on any atom is 0.123 e. The molecule has 0 unspecified atom stereocenters. The molecule has 0 spiro atoms. The van der Waals surface area contributed by atoms with Crippen LogP contribution in [0.4, 0.5) is 4.39 Å². The highest BCUT2D eigenvalue weighted by atomic mass is 19.1. The largest absolute Gasteiger partial charge is 0.317 e. The van der Waals surface area contributed by atoms with Gasteiger partial charge in [-0.3, -0.25) is 0 Å². The summed E-state index contributed by atoms with van der Waals surface area (Å²) in [5.74, 6) is -0.164. The van der Waals surface area contributed by atoms with Gasteiger partial charge in [0, 0.05) is 11.6 Å². The lowest BCUT2D eigenvalue weighted by Gasteiger charge is -2.34. The Hall–Kier alpha value is -0.930. The lowest BCUT2D eigenvalue weighted by Crippen LogP contribution is -2.48. The maximum atomic E-state index is 13.2. The molecule has 0 bridgehead atoms. The summed E-state index contributed by atoms with van der Waals surface area (Å²) in [7, 11) is 0. The minimum absolute atomic E-state index is 0.164. The Labute approximate surface area is 103 Å². The van der Waals surface area contributed by atoms with Crippen LogP contribution in [0.1, 0.15) is 32.3 Å². The van der Waals surface area contributed by atoms with Crippen LogP contribution in [0.15, 0.2) is 24.3 Å². The highest BCUT2D eigenvalue weighted by Crippen LogP contribution is 2.22. The molecule has 3 heteroatoms. The van der Waals surface area contributed by atoms with Crippen molar-refractivity contribution in [1.82, 2.24) is 10.6 Å². The van der Waals surface area contributed by atoms with E-state index in [1.807, 2.05) is 6.07 Å². The second-order valence-electron chi connectivity index (χ2n) is 5.30. The number of nitrogens with one attached hydrogen (secondary N) is 2. The van der Waals surface area contributed by atoms with E-state index >= 15 is 0 Å². The van der Waals surface area contributed by atoms with Crippen LogP contribution in [0.25, 0.3) is 0 Å². The first-order valence-corrected chi connectivity index (χ1v) is 6.32. The van der Waals surface area contributed by atoms with Gasteiger partial charge in [-0.15, -0.1) is 0 Å². The van der Waals surface area contributed by atoms with E-state index < -0.39 is 0 Å². The maximum absolute atomic E-state index is 13.2. The van der Waals surface area contributed by atoms with Crippen molar-refractivity contribution in [1.29, 1.82) is 0 Å². The molecular formula is C14H21FN2. The molecule has 94 valence electrons. The van der Waals surface area contributed by atoms with Gasteiger partial charge in [0.25, 0.3) is 0 Å². The molecule has 0 saturated carbocycles. The van der Waals surface area contributed by atoms with Gasteiger partial charge in [-0.2, -0.15) is 0 Å². The molecule has 1 aromatic carbocycles. The van der Waals surface area contributed by atoms with E-state index in [0.29, 0.717) is 6.04 Å². The molecule has 1 heterocycles. The van der Waals surface area contributed by atoms with E-state index in [4.69, 9.17) is 0 Å². The van der Waals surface area contributed by atoms with Crippen molar-refractivity contribution in [2.75, 3.05) is 13.1 Å². The van der Waals surface area contributed by atoms with E-state index in [1.165, 1.54) is 6.07 Å². The first-order valence-electron chi connectivity index (χ1n) is 6.32. The third-order valence-electron chi connectivity index (χ3n) is 3.45. The third-order valence-corrected chi connectivity index (χ3v) is 3.45. The lowest BCUT2D eigenvalue weighted by molar-refractivity contribution is 0.290. The van der Waals surface area contributed by atoms with Crippen LogP contribution in [0.5, 0.6) is 0 Å². The van der Waals surface area contributed by atoms with Crippen LogP contribution >= 0.6 is 0 Å². The van der Waals surface area contributed by atoms with Gasteiger partial charge in [0.05, 0.1) is 0 Å². The van der Waals surface area contributed by atoms with Crippen molar-refractivity contribution < 1.29 is 4.39 Å². The summed E-state index contributed by atoms with van der Waals surface area (Å²) in [6, 6.07) is 7.39. The Bertz CT molecular complexity index is 370. The molecule has 0 radical (unpaired) electrons. The second kappa shape index (κ2) is 5.15. The smallest absolute Gasteiger partial charge is 0.123 e. The molecular weight excluding hydrogens is 215 g/mol. The standard InChI is InChI=1S/C14H21FN2/c1-14(2,11-4-3-5-12(15)10-11)17-13-6-8-16-9-7-13/h3-5,10,13,16-17H,6-9H2,1-2H3. The molecule has 2 rings (SSSR count). The highest BCUT2D eigenvalue weighted by Gasteiger charge is 2.25. The summed E-state index contributed by atoms with van der Waals surface area (Å²) < 4.78 is 13.2. The van der Waals surface area contributed by atoms with Gasteiger partial charge in [0.15, 0.2) is 0 Å². The minimum atomic E-state index is -0.176. The summed E-state index contributed by atoms with van der Waals surface area (Å²) in [4.78, 5) is 0. The molecule has 0 atom stereocenters. The van der Waals surface area contributed by atoms with Crippen molar-refractivity contribution in [2.45, 2.75) is 38.3 Å². The van der Waals surface area contributed by atoms with Crippen LogP contribution < -0.4 is 10.6 Å². The van der Waals surface area contributed by atoms with Gasteiger partial charge in [-0.25, -0.2) is 4.39 Å². The zero-order valence-corrected chi connectivity index (χ0v) is 10.6. The fourth-order valence-electron chi connectivity index (χ4n) is 2.44. The summed E-state index contributed by atoms with van der Waals surface area (Å²) in [5, 5.41) is 6.98. The third kappa shape index (κ3) is 3.27. The number of hydrogen-bond acceptors (Lipinski definition) is 2. The van der Waals surface area contributed by atoms with Gasteiger partial charge >= 0.3 is 0 Å². The number of halogens is 1. The Morgan fingerprint density at radius 3 is 2.65 bits per heavy atom. The molecule has 2 N–H and O–H groups in total. The molecule has 0 aromatic heterocycles. The molecule has 2 nitrogen and oxygen atoms in total. The van der Waals surface area contributed by atoms with Gasteiger partial charge in [0.2, 0.25) is 0 Å². The lowest BCUT2D eigenvalue weighted by atomic mass is 9.91. The summed E-state index contributed by atoms with van der Waals surface area (Å²) in [6.07, 6.45) is 2.28. The molecule has 1 saturated heterocycles. The molecule has 0 aliphatic carbocycles. The first kappa shape index (κ1) is 12.5. The molecule has 1 aliphatic heterocycles. The van der Waals surface area contributed by atoms with Crippen LogP contribution in [0.2, 0.25) is 0 Å². The molecule has 17 heavy (non-hydrogen) atoms. The number of rotatable bonds is 3. The van der Waals surface area contributed by atoms with Gasteiger partial charge in [0.1, 0.15) is 5.82 Å². The minimum Gasteiger partial charge on any atom is -0.317 e. The first-order chi connectivity index (χ1) is 8.08. The quantitative estimate of drug-likeness (QED) is 0.842. The Morgan fingerprint density at radius 1 is 1.29 bits per heavy atom. The van der Waals surface area contributed by atoms with Crippen molar-refractivity contribution >= 4 is 0 Å². The summed E-state index contributed by atoms with van der Waals surface area (Å²) in [5.41, 5.74) is 0.834. The van der Waals surface area contributed by atoms with Crippen molar-refractivity contribution in [3.05, 3.63) is 35.6 Å². The van der Waals surface area contributed by atoms with Gasteiger partial charge in [-0.05, 0) is 57.5 Å².